The molecule has 3 N–H and O–H groups in total. The van der Waals surface area contributed by atoms with Crippen molar-refractivity contribution in [2.75, 3.05) is 26.4 Å². The van der Waals surface area contributed by atoms with Crippen molar-refractivity contribution < 1.29 is 51.6 Å². The Kier molecular flexibility index (Phi) is 40.9. The molecule has 6 fully saturated rings. The summed E-state index contributed by atoms with van der Waals surface area (Å²) in [6.45, 7) is 28.8. The third kappa shape index (κ3) is 31.7. The highest BCUT2D eigenvalue weighted by atomic mass is 32.2. The van der Waals surface area contributed by atoms with Gasteiger partial charge in [-0.2, -0.15) is 0 Å². The zero-order valence-corrected chi connectivity index (χ0v) is 76.7. The first kappa shape index (κ1) is 97.0. The average molecular weight is 1700 g/mol. The van der Waals surface area contributed by atoms with Crippen LogP contribution in [-0.2, 0) is 30.5 Å². The van der Waals surface area contributed by atoms with Gasteiger partial charge in [0.15, 0.2) is 21.0 Å². The summed E-state index contributed by atoms with van der Waals surface area (Å²) in [5.41, 5.74) is 8.17. The quantitative estimate of drug-likeness (QED) is 0.0168. The molecule has 2 heterocycles. The van der Waals surface area contributed by atoms with E-state index >= 15 is 0 Å². The van der Waals surface area contributed by atoms with Crippen molar-refractivity contribution >= 4 is 21.0 Å². The van der Waals surface area contributed by atoms with Gasteiger partial charge in [-0.25, -0.2) is 13.4 Å². The lowest BCUT2D eigenvalue weighted by Gasteiger charge is -2.58. The molecule has 6 aliphatic rings. The van der Waals surface area contributed by atoms with Gasteiger partial charge in [0.25, 0.3) is 0 Å². The fourth-order valence-electron chi connectivity index (χ4n) is 17.0. The van der Waals surface area contributed by atoms with E-state index in [0.717, 1.165) is 86.2 Å². The molecule has 0 spiro atoms. The molecule has 4 bridgehead atoms. The molecule has 5 saturated carbocycles. The SMILES string of the molecule is CCC(C)c1ccc(O)cc1.CCC(C)c1ccc(O)cc1.CCC(C)c1ccc(OC(OCCC2CCCCC2)C23CC4CC(CC(C4)C2)C3)cc1.CCC(C)c1ccc(OC2CCCCO2)cc1.CCC(C)c1ccc(OCCOc2ccc(S(=O)(=O)[O-])cc2)cc1.CCC(C)c1cnc[nH]1.c1ccc([S+](c2ccccc2)c2ccccc2)cc1. The number of aromatic amines is 1. The van der Waals surface area contributed by atoms with Crippen molar-refractivity contribution in [3.8, 4) is 34.5 Å². The van der Waals surface area contributed by atoms with Gasteiger partial charge < -0.3 is 48.2 Å². The first-order valence-electron chi connectivity index (χ1n) is 45.7. The summed E-state index contributed by atoms with van der Waals surface area (Å²) in [6.07, 6.45) is 30.5. The van der Waals surface area contributed by atoms with Crippen molar-refractivity contribution in [3.05, 3.63) is 283 Å². The van der Waals surface area contributed by atoms with Crippen LogP contribution < -0.4 is 18.9 Å². The van der Waals surface area contributed by atoms with Crippen molar-refractivity contribution in [2.45, 2.75) is 286 Å². The maximum Gasteiger partial charge on any atom is 0.205 e. The van der Waals surface area contributed by atoms with Crippen molar-refractivity contribution in [1.29, 1.82) is 0 Å². The van der Waals surface area contributed by atoms with Crippen LogP contribution in [0.3, 0.4) is 0 Å². The molecule has 0 amide bonds. The lowest BCUT2D eigenvalue weighted by molar-refractivity contribution is -0.216. The molecule has 658 valence electrons. The summed E-state index contributed by atoms with van der Waals surface area (Å²) in [6, 6.07) is 77.7. The molecular formula is C107H142N2O11S2. The topological polar surface area (TPSA) is 182 Å². The summed E-state index contributed by atoms with van der Waals surface area (Å²) in [4.78, 5) is 10.8. The molecule has 122 heavy (non-hydrogen) atoms. The van der Waals surface area contributed by atoms with E-state index in [0.29, 0.717) is 66.0 Å². The number of nitrogens with zero attached hydrogens (tertiary/aromatic N) is 1. The van der Waals surface area contributed by atoms with E-state index in [4.69, 9.17) is 38.6 Å². The average Bonchev–Trinajstić information content (AvgIpc) is 0.758. The lowest BCUT2D eigenvalue weighted by atomic mass is 9.49. The zero-order chi connectivity index (χ0) is 87.1. The molecule has 13 nitrogen and oxygen atoms in total. The Morgan fingerprint density at radius 2 is 0.820 bits per heavy atom. The smallest absolute Gasteiger partial charge is 0.205 e. The van der Waals surface area contributed by atoms with Crippen LogP contribution in [0.15, 0.2) is 269 Å². The van der Waals surface area contributed by atoms with Gasteiger partial charge in [0.1, 0.15) is 57.8 Å². The number of hydrogen-bond donors (Lipinski definition) is 3. The minimum Gasteiger partial charge on any atom is -0.744 e. The van der Waals surface area contributed by atoms with Crippen LogP contribution in [0, 0.1) is 29.1 Å². The predicted octanol–water partition coefficient (Wildman–Crippen LogP) is 28.3. The Hall–Kier alpha value is -8.83. The van der Waals surface area contributed by atoms with Crippen molar-refractivity contribution in [2.24, 2.45) is 29.1 Å². The standard InChI is InChI=1S/C29H44O2.C18H22O5S.C18H15S.C15H22O2.2C10H14O.C7H12N2/c1-3-21(2)26-9-11-27(12-10-26)31-28(30-14-13-22-7-5-4-6-8-22)29-18-23-15-24(19-29)17-25(16-23)20-29;1-3-14(2)15-4-6-16(7-5-15)22-12-13-23-17-8-10-18(11-9-17)24(19,20)21;1-4-10-16(11-5-1)19(17-12-6-2-7-13-17)18-14-8-3-9-15-18;1-3-12(2)13-7-9-14(10-8-13)17-15-6-4-5-11-16-15;2*1-3-8(2)9-4-6-10(11)7-5-9;1-3-6(2)7-4-8-5-9-7/h9-12,21-25,28H,3-8,13-20H2,1-2H3;4-11,14H,3,12-13H2,1-2H3,(H,19,20,21);1-15H;7-10,12,15H,3-6,11H2,1-2H3;2*4-8,11H,3H2,1-2H3;4-6H,3H2,1-2H3,(H,8,9)/q;;+1;;;;/p-1. The number of nitrogens with one attached hydrogen (secondary N) is 1. The molecule has 8 unspecified atom stereocenters. The van der Waals surface area contributed by atoms with Crippen LogP contribution in [0.4, 0.5) is 0 Å². The summed E-state index contributed by atoms with van der Waals surface area (Å²) in [5, 5.41) is 18.0. The lowest BCUT2D eigenvalue weighted by Crippen LogP contribution is -2.54. The second-order valence-electron chi connectivity index (χ2n) is 34.4. The Bertz CT molecular complexity index is 4370. The molecule has 9 aromatic carbocycles. The van der Waals surface area contributed by atoms with E-state index in [2.05, 4.69) is 245 Å². The van der Waals surface area contributed by atoms with Crippen LogP contribution >= 0.6 is 0 Å². The van der Waals surface area contributed by atoms with Gasteiger partial charge in [-0.15, -0.1) is 0 Å². The predicted molar refractivity (Wildman–Crippen MR) is 500 cm³/mol. The number of aromatic nitrogens is 2. The van der Waals surface area contributed by atoms with E-state index in [1.165, 1.54) is 175 Å². The van der Waals surface area contributed by atoms with Crippen LogP contribution in [0.1, 0.15) is 287 Å². The number of imidazole rings is 1. The molecule has 15 heteroatoms. The third-order valence-corrected chi connectivity index (χ3v) is 28.5. The summed E-state index contributed by atoms with van der Waals surface area (Å²) in [7, 11) is -4.44. The number of phenolic OH excluding ortho intramolecular Hbond substituents is 2. The molecule has 10 aromatic rings. The van der Waals surface area contributed by atoms with Gasteiger partial charge in [-0.1, -0.05) is 230 Å². The number of aromatic hydroxyl groups is 2. The van der Waals surface area contributed by atoms with E-state index in [-0.39, 0.29) is 33.8 Å². The minimum atomic E-state index is -4.42. The number of rotatable bonds is 30. The van der Waals surface area contributed by atoms with Crippen LogP contribution in [0.25, 0.3) is 0 Å². The molecular weight excluding hydrogens is 1550 g/mol. The normalized spacial score (nSPS) is 19.3. The molecule has 5 aliphatic carbocycles. The number of H-pyrrole nitrogens is 1. The monoisotopic (exact) mass is 1700 g/mol. The van der Waals surface area contributed by atoms with E-state index in [1.807, 2.05) is 42.6 Å². The number of ether oxygens (including phenoxy) is 6. The number of benzene rings is 9. The van der Waals surface area contributed by atoms with E-state index in [9.17, 15) is 13.0 Å². The largest absolute Gasteiger partial charge is 0.744 e. The van der Waals surface area contributed by atoms with Crippen LogP contribution in [0.2, 0.25) is 0 Å². The summed E-state index contributed by atoms with van der Waals surface area (Å²) in [5.74, 6) is 11.1. The molecule has 1 aliphatic heterocycles. The minimum absolute atomic E-state index is 0.0146. The maximum atomic E-state index is 10.8. The number of phenols is 2. The fourth-order valence-corrected chi connectivity index (χ4v) is 19.6. The first-order chi connectivity index (χ1) is 59.1. The molecule has 1 aromatic heterocycles. The van der Waals surface area contributed by atoms with Gasteiger partial charge in [0.05, 0.1) is 35.3 Å². The molecule has 1 saturated heterocycles. The van der Waals surface area contributed by atoms with Gasteiger partial charge in [-0.05, 0) is 305 Å². The molecule has 8 atom stereocenters. The fraction of sp³-hybridized carbons (Fsp3) is 0.467. The highest BCUT2D eigenvalue weighted by molar-refractivity contribution is 7.97. The Balaban J connectivity index is 0.000000168. The molecule has 0 radical (unpaired) electrons. The highest BCUT2D eigenvalue weighted by Gasteiger charge is 2.56. The number of hydrogen-bond acceptors (Lipinski definition) is 12. The van der Waals surface area contributed by atoms with Crippen LogP contribution in [-0.4, -0.2) is 72.2 Å². The van der Waals surface area contributed by atoms with E-state index in [1.54, 1.807) is 30.6 Å². The maximum absolute atomic E-state index is 10.8. The van der Waals surface area contributed by atoms with Crippen LogP contribution in [0.5, 0.6) is 34.5 Å². The van der Waals surface area contributed by atoms with Gasteiger partial charge >= 0.3 is 0 Å². The second kappa shape index (κ2) is 51.4. The Morgan fingerprint density at radius 1 is 0.451 bits per heavy atom. The van der Waals surface area contributed by atoms with Gasteiger partial charge in [0, 0.05) is 23.7 Å². The summed E-state index contributed by atoms with van der Waals surface area (Å²) >= 11 is 0. The Labute approximate surface area is 736 Å². The van der Waals surface area contributed by atoms with Crippen molar-refractivity contribution in [3.63, 3.8) is 0 Å². The highest BCUT2D eigenvalue weighted by Crippen LogP contribution is 2.62. The van der Waals surface area contributed by atoms with Crippen molar-refractivity contribution in [1.82, 2.24) is 9.97 Å². The Morgan fingerprint density at radius 3 is 1.18 bits per heavy atom. The van der Waals surface area contributed by atoms with E-state index < -0.39 is 10.1 Å². The molecule has 16 rings (SSSR count). The first-order valence-corrected chi connectivity index (χ1v) is 48.4. The van der Waals surface area contributed by atoms with Gasteiger partial charge in [0.2, 0.25) is 6.29 Å². The van der Waals surface area contributed by atoms with Gasteiger partial charge in [-0.3, -0.25) is 0 Å². The zero-order valence-electron chi connectivity index (χ0n) is 75.1. The second-order valence-corrected chi connectivity index (χ2v) is 37.8. The summed E-state index contributed by atoms with van der Waals surface area (Å²) < 4.78 is 68.4. The third-order valence-electron chi connectivity index (χ3n) is 25.4.